The smallest absolute Gasteiger partial charge is 0.254 e. The standard InChI is InChI=1S/C13H21N3O/c1-5-10(3)16(4)13(17)12-7-6-11(15-14)8-9(12)2/h6-8,10,15H,5,14H2,1-4H3. The highest BCUT2D eigenvalue weighted by atomic mass is 16.2. The van der Waals surface area contributed by atoms with Gasteiger partial charge < -0.3 is 10.3 Å². The number of hydrogen-bond donors (Lipinski definition) is 2. The van der Waals surface area contributed by atoms with Crippen LogP contribution in [0.3, 0.4) is 0 Å². The average molecular weight is 235 g/mol. The van der Waals surface area contributed by atoms with Crippen LogP contribution in [0.5, 0.6) is 0 Å². The molecule has 0 aliphatic heterocycles. The minimum atomic E-state index is 0.0559. The molecule has 0 radical (unpaired) electrons. The topological polar surface area (TPSA) is 58.4 Å². The van der Waals surface area contributed by atoms with Crippen LogP contribution in [0.2, 0.25) is 0 Å². The van der Waals surface area contributed by atoms with Crippen LogP contribution in [0.25, 0.3) is 0 Å². The predicted octanol–water partition coefficient (Wildman–Crippen LogP) is 2.15. The maximum absolute atomic E-state index is 12.2. The fourth-order valence-electron chi connectivity index (χ4n) is 1.66. The molecular formula is C13H21N3O. The van der Waals surface area contributed by atoms with Crippen molar-refractivity contribution < 1.29 is 4.79 Å². The first-order valence-electron chi connectivity index (χ1n) is 5.85. The van der Waals surface area contributed by atoms with Crippen LogP contribution in [-0.4, -0.2) is 23.9 Å². The summed E-state index contributed by atoms with van der Waals surface area (Å²) < 4.78 is 0. The number of carbonyl (C=O) groups excluding carboxylic acids is 1. The lowest BCUT2D eigenvalue weighted by Crippen LogP contribution is -2.35. The number of amides is 1. The number of carbonyl (C=O) groups is 1. The summed E-state index contributed by atoms with van der Waals surface area (Å²) in [5.41, 5.74) is 5.04. The molecule has 17 heavy (non-hydrogen) atoms. The summed E-state index contributed by atoms with van der Waals surface area (Å²) in [4.78, 5) is 14.0. The number of hydrazine groups is 1. The van der Waals surface area contributed by atoms with E-state index >= 15 is 0 Å². The third-order valence-corrected chi connectivity index (χ3v) is 3.20. The van der Waals surface area contributed by atoms with Crippen molar-refractivity contribution in [1.29, 1.82) is 0 Å². The van der Waals surface area contributed by atoms with Gasteiger partial charge in [-0.25, -0.2) is 0 Å². The van der Waals surface area contributed by atoms with Gasteiger partial charge in [-0.1, -0.05) is 6.92 Å². The Morgan fingerprint density at radius 1 is 1.53 bits per heavy atom. The molecule has 0 aliphatic carbocycles. The van der Waals surface area contributed by atoms with Crippen LogP contribution in [0.1, 0.15) is 36.2 Å². The van der Waals surface area contributed by atoms with Crippen LogP contribution in [0.4, 0.5) is 5.69 Å². The highest BCUT2D eigenvalue weighted by molar-refractivity contribution is 5.96. The van der Waals surface area contributed by atoms with Crippen molar-refractivity contribution in [2.24, 2.45) is 5.84 Å². The minimum absolute atomic E-state index is 0.0559. The molecule has 1 rings (SSSR count). The van der Waals surface area contributed by atoms with Gasteiger partial charge in [0.15, 0.2) is 0 Å². The Hall–Kier alpha value is -1.55. The number of rotatable bonds is 4. The monoisotopic (exact) mass is 235 g/mol. The van der Waals surface area contributed by atoms with Crippen LogP contribution in [0, 0.1) is 6.92 Å². The Morgan fingerprint density at radius 2 is 2.18 bits per heavy atom. The molecule has 1 aromatic carbocycles. The molecule has 0 spiro atoms. The summed E-state index contributed by atoms with van der Waals surface area (Å²) in [6, 6.07) is 5.74. The van der Waals surface area contributed by atoms with E-state index in [1.165, 1.54) is 0 Å². The summed E-state index contributed by atoms with van der Waals surface area (Å²) in [6.07, 6.45) is 0.948. The molecule has 0 saturated carbocycles. The summed E-state index contributed by atoms with van der Waals surface area (Å²) in [6.45, 7) is 6.03. The first-order chi connectivity index (χ1) is 8.01. The predicted molar refractivity (Wildman–Crippen MR) is 70.8 cm³/mol. The van der Waals surface area contributed by atoms with Crippen molar-refractivity contribution in [3.63, 3.8) is 0 Å². The first-order valence-corrected chi connectivity index (χ1v) is 5.85. The summed E-state index contributed by atoms with van der Waals surface area (Å²) in [7, 11) is 1.84. The number of hydrogen-bond acceptors (Lipinski definition) is 3. The van der Waals surface area contributed by atoms with Gasteiger partial charge in [-0.15, -0.1) is 0 Å². The number of benzene rings is 1. The minimum Gasteiger partial charge on any atom is -0.339 e. The van der Waals surface area contributed by atoms with Crippen molar-refractivity contribution in [2.45, 2.75) is 33.2 Å². The second kappa shape index (κ2) is 5.68. The van der Waals surface area contributed by atoms with Crippen LogP contribution >= 0.6 is 0 Å². The number of aryl methyl sites for hydroxylation is 1. The Morgan fingerprint density at radius 3 is 2.65 bits per heavy atom. The van der Waals surface area contributed by atoms with E-state index in [1.54, 1.807) is 4.90 Å². The molecule has 0 bridgehead atoms. The van der Waals surface area contributed by atoms with Gasteiger partial charge in [-0.05, 0) is 44.0 Å². The quantitative estimate of drug-likeness (QED) is 0.621. The second-order valence-electron chi connectivity index (χ2n) is 4.35. The van der Waals surface area contributed by atoms with Gasteiger partial charge in [0.25, 0.3) is 5.91 Å². The molecule has 0 fully saturated rings. The molecule has 94 valence electrons. The zero-order valence-electron chi connectivity index (χ0n) is 10.9. The lowest BCUT2D eigenvalue weighted by Gasteiger charge is -2.24. The SMILES string of the molecule is CCC(C)N(C)C(=O)c1ccc(NN)cc1C. The molecule has 0 saturated heterocycles. The van der Waals surface area contributed by atoms with E-state index in [-0.39, 0.29) is 11.9 Å². The molecule has 1 atom stereocenters. The van der Waals surface area contributed by atoms with Gasteiger partial charge in [0.2, 0.25) is 0 Å². The van der Waals surface area contributed by atoms with Crippen LogP contribution < -0.4 is 11.3 Å². The number of nitrogens with zero attached hydrogens (tertiary/aromatic N) is 1. The lowest BCUT2D eigenvalue weighted by molar-refractivity contribution is 0.0740. The molecule has 1 aromatic rings. The summed E-state index contributed by atoms with van der Waals surface area (Å²) in [5, 5.41) is 0. The van der Waals surface area contributed by atoms with Crippen LogP contribution in [0.15, 0.2) is 18.2 Å². The second-order valence-corrected chi connectivity index (χ2v) is 4.35. The number of anilines is 1. The highest BCUT2D eigenvalue weighted by Gasteiger charge is 2.17. The molecule has 1 unspecified atom stereocenters. The van der Waals surface area contributed by atoms with E-state index in [2.05, 4.69) is 12.3 Å². The van der Waals surface area contributed by atoms with Gasteiger partial charge >= 0.3 is 0 Å². The van der Waals surface area contributed by atoms with Gasteiger partial charge in [0, 0.05) is 24.3 Å². The maximum atomic E-state index is 12.2. The molecular weight excluding hydrogens is 214 g/mol. The van der Waals surface area contributed by atoms with Crippen LogP contribution in [-0.2, 0) is 0 Å². The third-order valence-electron chi connectivity index (χ3n) is 3.20. The van der Waals surface area contributed by atoms with Crippen molar-refractivity contribution in [3.8, 4) is 0 Å². The van der Waals surface area contributed by atoms with Crippen molar-refractivity contribution in [3.05, 3.63) is 29.3 Å². The van der Waals surface area contributed by atoms with E-state index in [4.69, 9.17) is 5.84 Å². The van der Waals surface area contributed by atoms with E-state index in [0.29, 0.717) is 0 Å². The average Bonchev–Trinajstić information content (AvgIpc) is 2.35. The molecule has 0 aliphatic rings. The third kappa shape index (κ3) is 2.97. The molecule has 4 nitrogen and oxygen atoms in total. The number of nitrogens with two attached hydrogens (primary N) is 1. The molecule has 0 heterocycles. The van der Waals surface area contributed by atoms with Gasteiger partial charge in [0.05, 0.1) is 0 Å². The Kier molecular flexibility index (Phi) is 4.52. The molecule has 4 heteroatoms. The maximum Gasteiger partial charge on any atom is 0.254 e. The number of nitrogens with one attached hydrogen (secondary N) is 1. The van der Waals surface area contributed by atoms with E-state index in [0.717, 1.165) is 23.2 Å². The lowest BCUT2D eigenvalue weighted by atomic mass is 10.1. The van der Waals surface area contributed by atoms with E-state index < -0.39 is 0 Å². The zero-order valence-corrected chi connectivity index (χ0v) is 10.9. The Labute approximate surface area is 103 Å². The highest BCUT2D eigenvalue weighted by Crippen LogP contribution is 2.17. The van der Waals surface area contributed by atoms with Gasteiger partial charge in [-0.3, -0.25) is 10.6 Å². The fraction of sp³-hybridized carbons (Fsp3) is 0.462. The number of nitrogen functional groups attached to an aromatic ring is 1. The summed E-state index contributed by atoms with van der Waals surface area (Å²) in [5.74, 6) is 5.39. The first kappa shape index (κ1) is 13.5. The fourth-order valence-corrected chi connectivity index (χ4v) is 1.66. The molecule has 1 amide bonds. The zero-order chi connectivity index (χ0) is 13.0. The van der Waals surface area contributed by atoms with Crippen molar-refractivity contribution in [2.75, 3.05) is 12.5 Å². The normalized spacial score (nSPS) is 12.1. The molecule has 0 aromatic heterocycles. The van der Waals surface area contributed by atoms with Crippen molar-refractivity contribution >= 4 is 11.6 Å². The van der Waals surface area contributed by atoms with Gasteiger partial charge in [0.1, 0.15) is 0 Å². The van der Waals surface area contributed by atoms with Gasteiger partial charge in [-0.2, -0.15) is 0 Å². The van der Waals surface area contributed by atoms with E-state index in [1.807, 2.05) is 39.1 Å². The largest absolute Gasteiger partial charge is 0.339 e. The van der Waals surface area contributed by atoms with Crippen molar-refractivity contribution in [1.82, 2.24) is 4.90 Å². The molecule has 3 N–H and O–H groups in total. The Bertz CT molecular complexity index is 404. The summed E-state index contributed by atoms with van der Waals surface area (Å²) >= 11 is 0. The Balaban J connectivity index is 2.96. The van der Waals surface area contributed by atoms with E-state index in [9.17, 15) is 4.79 Å².